The van der Waals surface area contributed by atoms with Crippen LogP contribution in [0.25, 0.3) is 0 Å². The molecule has 3 aromatic carbocycles. The molecule has 0 fully saturated rings. The zero-order valence-corrected chi connectivity index (χ0v) is 18.6. The number of amides is 2. The van der Waals surface area contributed by atoms with Gasteiger partial charge in [0.25, 0.3) is 5.91 Å². The maximum Gasteiger partial charge on any atom is 0.254 e. The molecule has 0 radical (unpaired) electrons. The third-order valence-electron chi connectivity index (χ3n) is 4.38. The first-order chi connectivity index (χ1) is 15.5. The number of hydrogen-bond donors (Lipinski definition) is 2. The van der Waals surface area contributed by atoms with Crippen LogP contribution in [0.15, 0.2) is 82.4 Å². The molecule has 0 aliphatic rings. The van der Waals surface area contributed by atoms with E-state index in [1.54, 1.807) is 6.07 Å². The van der Waals surface area contributed by atoms with Crippen LogP contribution in [0.5, 0.6) is 5.75 Å². The first-order valence-electron chi connectivity index (χ1n) is 9.84. The third-order valence-corrected chi connectivity index (χ3v) is 4.90. The molecule has 3 aromatic rings. The van der Waals surface area contributed by atoms with Crippen molar-refractivity contribution in [1.29, 1.82) is 0 Å². The second-order valence-electron chi connectivity index (χ2n) is 6.73. The van der Waals surface area contributed by atoms with Gasteiger partial charge in [-0.25, -0.2) is 9.82 Å². The molecule has 8 heteroatoms. The lowest BCUT2D eigenvalue weighted by Gasteiger charge is -2.09. The normalized spacial score (nSPS) is 10.7. The highest BCUT2D eigenvalue weighted by atomic mass is 79.9. The van der Waals surface area contributed by atoms with Gasteiger partial charge in [-0.2, -0.15) is 5.10 Å². The summed E-state index contributed by atoms with van der Waals surface area (Å²) < 4.78 is 20.4. The zero-order valence-electron chi connectivity index (χ0n) is 17.1. The summed E-state index contributed by atoms with van der Waals surface area (Å²) in [6.07, 6.45) is 1.49. The van der Waals surface area contributed by atoms with Crippen LogP contribution < -0.4 is 15.5 Å². The largest absolute Gasteiger partial charge is 0.488 e. The van der Waals surface area contributed by atoms with Crippen LogP contribution in [0, 0.1) is 5.82 Å². The van der Waals surface area contributed by atoms with Gasteiger partial charge in [0, 0.05) is 23.0 Å². The lowest BCUT2D eigenvalue weighted by molar-refractivity contribution is -0.120. The number of benzene rings is 3. The van der Waals surface area contributed by atoms with E-state index in [0.717, 1.165) is 10.0 Å². The van der Waals surface area contributed by atoms with E-state index in [1.165, 1.54) is 24.4 Å². The Morgan fingerprint density at radius 3 is 2.50 bits per heavy atom. The van der Waals surface area contributed by atoms with E-state index >= 15 is 0 Å². The van der Waals surface area contributed by atoms with Crippen molar-refractivity contribution in [2.45, 2.75) is 13.0 Å². The summed E-state index contributed by atoms with van der Waals surface area (Å²) in [4.78, 5) is 23.9. The Morgan fingerprint density at radius 1 is 1.00 bits per heavy atom. The number of para-hydroxylation sites is 1. The minimum absolute atomic E-state index is 0.000748. The SMILES string of the molecule is O=C(CCNC(=O)c1ccccc1F)NN=Cc1ccccc1OCc1ccc(Br)cc1. The molecule has 0 spiro atoms. The number of hydrazone groups is 1. The van der Waals surface area contributed by atoms with Crippen LogP contribution in [0.2, 0.25) is 0 Å². The number of nitrogens with zero attached hydrogens (tertiary/aromatic N) is 1. The summed E-state index contributed by atoms with van der Waals surface area (Å²) >= 11 is 3.40. The highest BCUT2D eigenvalue weighted by molar-refractivity contribution is 9.10. The number of carbonyl (C=O) groups excluding carboxylic acids is 2. The van der Waals surface area contributed by atoms with Gasteiger partial charge in [-0.3, -0.25) is 9.59 Å². The first kappa shape index (κ1) is 23.1. The zero-order chi connectivity index (χ0) is 22.8. The van der Waals surface area contributed by atoms with Crippen molar-refractivity contribution >= 4 is 34.0 Å². The molecular weight excluding hydrogens is 477 g/mol. The molecule has 0 saturated heterocycles. The van der Waals surface area contributed by atoms with Crippen LogP contribution in [-0.2, 0) is 11.4 Å². The topological polar surface area (TPSA) is 79.8 Å². The fourth-order valence-electron chi connectivity index (χ4n) is 2.72. The molecule has 164 valence electrons. The number of hydrogen-bond acceptors (Lipinski definition) is 4. The summed E-state index contributed by atoms with van der Waals surface area (Å²) in [6, 6.07) is 20.8. The van der Waals surface area contributed by atoms with Gasteiger partial charge in [-0.05, 0) is 42.0 Å². The van der Waals surface area contributed by atoms with Crippen molar-refractivity contribution in [2.75, 3.05) is 6.54 Å². The molecule has 6 nitrogen and oxygen atoms in total. The Bertz CT molecular complexity index is 1100. The average molecular weight is 498 g/mol. The Labute approximate surface area is 193 Å². The van der Waals surface area contributed by atoms with E-state index in [2.05, 4.69) is 31.8 Å². The van der Waals surface area contributed by atoms with Crippen LogP contribution in [0.3, 0.4) is 0 Å². The number of rotatable bonds is 9. The lowest BCUT2D eigenvalue weighted by Crippen LogP contribution is -2.29. The Balaban J connectivity index is 1.46. The van der Waals surface area contributed by atoms with Gasteiger partial charge in [0.05, 0.1) is 11.8 Å². The lowest BCUT2D eigenvalue weighted by atomic mass is 10.2. The van der Waals surface area contributed by atoms with E-state index in [1.807, 2.05) is 48.5 Å². The molecule has 0 bridgehead atoms. The number of nitrogens with one attached hydrogen (secondary N) is 2. The summed E-state index contributed by atoms with van der Waals surface area (Å²) in [5, 5.41) is 6.46. The molecule has 0 saturated carbocycles. The van der Waals surface area contributed by atoms with Crippen molar-refractivity contribution in [1.82, 2.24) is 10.7 Å². The molecule has 3 rings (SSSR count). The molecular formula is C24H21BrFN3O3. The van der Waals surface area contributed by atoms with Gasteiger partial charge < -0.3 is 10.1 Å². The highest BCUT2D eigenvalue weighted by Gasteiger charge is 2.10. The Morgan fingerprint density at radius 2 is 1.72 bits per heavy atom. The second kappa shape index (κ2) is 11.8. The molecule has 0 unspecified atom stereocenters. The van der Waals surface area contributed by atoms with Gasteiger partial charge in [0.1, 0.15) is 18.2 Å². The highest BCUT2D eigenvalue weighted by Crippen LogP contribution is 2.18. The molecule has 0 aromatic heterocycles. The van der Waals surface area contributed by atoms with E-state index in [0.29, 0.717) is 17.9 Å². The van der Waals surface area contributed by atoms with Crippen LogP contribution in [0.4, 0.5) is 4.39 Å². The van der Waals surface area contributed by atoms with Gasteiger partial charge >= 0.3 is 0 Å². The number of ether oxygens (including phenoxy) is 1. The van der Waals surface area contributed by atoms with E-state index in [9.17, 15) is 14.0 Å². The fraction of sp³-hybridized carbons (Fsp3) is 0.125. The predicted molar refractivity (Wildman–Crippen MR) is 124 cm³/mol. The molecule has 2 amide bonds. The summed E-state index contributed by atoms with van der Waals surface area (Å²) in [6.45, 7) is 0.452. The standard InChI is InChI=1S/C24H21BrFN3O3/c25-19-11-9-17(10-12-19)16-32-22-8-4-1-5-18(22)15-28-29-23(30)13-14-27-24(31)20-6-2-3-7-21(20)26/h1-12,15H,13-14,16H2,(H,27,31)(H,29,30). The fourth-order valence-corrected chi connectivity index (χ4v) is 2.98. The smallest absolute Gasteiger partial charge is 0.254 e. The van der Waals surface area contributed by atoms with Crippen molar-refractivity contribution in [3.63, 3.8) is 0 Å². The van der Waals surface area contributed by atoms with Crippen LogP contribution >= 0.6 is 15.9 Å². The van der Waals surface area contributed by atoms with E-state index < -0.39 is 11.7 Å². The minimum Gasteiger partial charge on any atom is -0.488 e. The van der Waals surface area contributed by atoms with Crippen molar-refractivity contribution in [2.24, 2.45) is 5.10 Å². The second-order valence-corrected chi connectivity index (χ2v) is 7.65. The van der Waals surface area contributed by atoms with Gasteiger partial charge in [-0.1, -0.05) is 52.3 Å². The Kier molecular flexibility index (Phi) is 8.51. The first-order valence-corrected chi connectivity index (χ1v) is 10.6. The molecule has 0 aliphatic heterocycles. The quantitative estimate of drug-likeness (QED) is 0.338. The monoisotopic (exact) mass is 497 g/mol. The molecule has 2 N–H and O–H groups in total. The Hall–Kier alpha value is -3.52. The van der Waals surface area contributed by atoms with Gasteiger partial charge in [0.2, 0.25) is 5.91 Å². The number of halogens is 2. The van der Waals surface area contributed by atoms with Gasteiger partial charge in [-0.15, -0.1) is 0 Å². The maximum atomic E-state index is 13.6. The summed E-state index contributed by atoms with van der Waals surface area (Å²) in [7, 11) is 0. The molecule has 0 aliphatic carbocycles. The van der Waals surface area contributed by atoms with E-state index in [-0.39, 0.29) is 24.4 Å². The van der Waals surface area contributed by atoms with Crippen molar-refractivity contribution < 1.29 is 18.7 Å². The molecule has 32 heavy (non-hydrogen) atoms. The van der Waals surface area contributed by atoms with Crippen LogP contribution in [-0.4, -0.2) is 24.6 Å². The maximum absolute atomic E-state index is 13.6. The predicted octanol–water partition coefficient (Wildman–Crippen LogP) is 4.44. The summed E-state index contributed by atoms with van der Waals surface area (Å²) in [5.41, 5.74) is 4.07. The molecule has 0 heterocycles. The number of carbonyl (C=O) groups is 2. The van der Waals surface area contributed by atoms with Crippen molar-refractivity contribution in [3.05, 3.63) is 99.8 Å². The third kappa shape index (κ3) is 7.02. The van der Waals surface area contributed by atoms with Gasteiger partial charge in [0.15, 0.2) is 0 Å². The minimum atomic E-state index is -0.611. The van der Waals surface area contributed by atoms with E-state index in [4.69, 9.17) is 4.74 Å². The van der Waals surface area contributed by atoms with Crippen LogP contribution in [0.1, 0.15) is 27.9 Å². The molecule has 0 atom stereocenters. The van der Waals surface area contributed by atoms with Crippen molar-refractivity contribution in [3.8, 4) is 5.75 Å². The summed E-state index contributed by atoms with van der Waals surface area (Å²) in [5.74, 6) is -0.940. The average Bonchev–Trinajstić information content (AvgIpc) is 2.79.